The molecule has 0 saturated heterocycles. The van der Waals surface area contributed by atoms with Gasteiger partial charge in [0.05, 0.1) is 12.0 Å². The SMILES string of the molecule is CNCC(=O)NC12CCC(C(=O)O)(CC1)CC2. The second kappa shape index (κ2) is 4.29. The largest absolute Gasteiger partial charge is 0.481 e. The molecule has 0 spiro atoms. The van der Waals surface area contributed by atoms with Crippen LogP contribution in [-0.2, 0) is 9.59 Å². The van der Waals surface area contributed by atoms with Gasteiger partial charge in [-0.25, -0.2) is 0 Å². The second-order valence-corrected chi connectivity index (χ2v) is 5.44. The molecular weight excluding hydrogens is 220 g/mol. The zero-order valence-corrected chi connectivity index (χ0v) is 10.2. The number of carbonyl (C=O) groups is 2. The summed E-state index contributed by atoms with van der Waals surface area (Å²) in [7, 11) is 1.74. The Morgan fingerprint density at radius 1 is 1.12 bits per heavy atom. The highest BCUT2D eigenvalue weighted by Crippen LogP contribution is 2.52. The fourth-order valence-corrected chi connectivity index (χ4v) is 3.19. The molecular formula is C12H20N2O3. The zero-order chi connectivity index (χ0) is 12.5. The predicted molar refractivity (Wildman–Crippen MR) is 62.6 cm³/mol. The van der Waals surface area contributed by atoms with E-state index in [0.29, 0.717) is 25.8 Å². The second-order valence-electron chi connectivity index (χ2n) is 5.44. The van der Waals surface area contributed by atoms with Crippen LogP contribution in [0.3, 0.4) is 0 Å². The molecule has 0 unspecified atom stereocenters. The van der Waals surface area contributed by atoms with Crippen LogP contribution in [-0.4, -0.2) is 36.1 Å². The van der Waals surface area contributed by atoms with E-state index in [1.54, 1.807) is 7.05 Å². The number of carboxylic acid groups (broad SMARTS) is 1. The minimum absolute atomic E-state index is 0.0113. The number of rotatable bonds is 4. The third kappa shape index (κ3) is 2.16. The van der Waals surface area contributed by atoms with Crippen molar-refractivity contribution in [3.63, 3.8) is 0 Å². The van der Waals surface area contributed by atoms with Gasteiger partial charge in [-0.05, 0) is 45.6 Å². The molecule has 17 heavy (non-hydrogen) atoms. The summed E-state index contributed by atoms with van der Waals surface area (Å²) in [4.78, 5) is 22.9. The van der Waals surface area contributed by atoms with Crippen molar-refractivity contribution >= 4 is 11.9 Å². The summed E-state index contributed by atoms with van der Waals surface area (Å²) in [6.45, 7) is 0.325. The molecule has 96 valence electrons. The van der Waals surface area contributed by atoms with Gasteiger partial charge in [0, 0.05) is 5.54 Å². The third-order valence-corrected chi connectivity index (χ3v) is 4.44. The average Bonchev–Trinajstić information content (AvgIpc) is 2.31. The fraction of sp³-hybridized carbons (Fsp3) is 0.833. The summed E-state index contributed by atoms with van der Waals surface area (Å²) in [5, 5.41) is 15.2. The van der Waals surface area contributed by atoms with Crippen molar-refractivity contribution < 1.29 is 14.7 Å². The highest BCUT2D eigenvalue weighted by Gasteiger charge is 2.52. The summed E-state index contributed by atoms with van der Waals surface area (Å²) in [6.07, 6.45) is 4.49. The molecule has 2 bridgehead atoms. The Morgan fingerprint density at radius 2 is 1.65 bits per heavy atom. The molecule has 3 fully saturated rings. The number of carboxylic acids is 1. The van der Waals surface area contributed by atoms with E-state index in [4.69, 9.17) is 0 Å². The molecule has 3 aliphatic rings. The van der Waals surface area contributed by atoms with E-state index in [0.717, 1.165) is 19.3 Å². The molecule has 3 saturated carbocycles. The number of amides is 1. The van der Waals surface area contributed by atoms with Crippen molar-refractivity contribution in [3.05, 3.63) is 0 Å². The molecule has 0 atom stereocenters. The van der Waals surface area contributed by atoms with Gasteiger partial charge < -0.3 is 15.7 Å². The van der Waals surface area contributed by atoms with Crippen LogP contribution >= 0.6 is 0 Å². The molecule has 0 aliphatic heterocycles. The van der Waals surface area contributed by atoms with E-state index in [2.05, 4.69) is 10.6 Å². The van der Waals surface area contributed by atoms with Gasteiger partial charge in [0.15, 0.2) is 0 Å². The Balaban J connectivity index is 1.99. The van der Waals surface area contributed by atoms with E-state index >= 15 is 0 Å². The van der Waals surface area contributed by atoms with Crippen LogP contribution in [0.1, 0.15) is 38.5 Å². The average molecular weight is 240 g/mol. The Bertz CT molecular complexity index is 316. The highest BCUT2D eigenvalue weighted by atomic mass is 16.4. The molecule has 0 aromatic carbocycles. The molecule has 0 aromatic rings. The number of aliphatic carboxylic acids is 1. The maximum atomic E-state index is 11.6. The lowest BCUT2D eigenvalue weighted by atomic mass is 9.57. The summed E-state index contributed by atoms with van der Waals surface area (Å²) >= 11 is 0. The fourth-order valence-electron chi connectivity index (χ4n) is 3.19. The van der Waals surface area contributed by atoms with Crippen molar-refractivity contribution in [1.29, 1.82) is 0 Å². The normalized spacial score (nSPS) is 35.6. The van der Waals surface area contributed by atoms with Gasteiger partial charge in [0.25, 0.3) is 0 Å². The van der Waals surface area contributed by atoms with Crippen molar-refractivity contribution in [1.82, 2.24) is 10.6 Å². The molecule has 3 N–H and O–H groups in total. The quantitative estimate of drug-likeness (QED) is 0.668. The smallest absolute Gasteiger partial charge is 0.309 e. The Kier molecular flexibility index (Phi) is 3.12. The number of fused-ring (bicyclic) bond motifs is 3. The molecule has 1 amide bonds. The number of hydrogen-bond acceptors (Lipinski definition) is 3. The first kappa shape index (κ1) is 12.4. The van der Waals surface area contributed by atoms with Gasteiger partial charge >= 0.3 is 5.97 Å². The van der Waals surface area contributed by atoms with Gasteiger partial charge in [-0.3, -0.25) is 9.59 Å². The Hall–Kier alpha value is -1.10. The lowest BCUT2D eigenvalue weighted by Gasteiger charge is -2.51. The number of hydrogen-bond donors (Lipinski definition) is 3. The highest BCUT2D eigenvalue weighted by molar-refractivity contribution is 5.79. The standard InChI is InChI=1S/C12H20N2O3/c1-13-8-9(15)14-12-5-2-11(3-6-12,4-7-12)10(16)17/h13H,2-8H2,1H3,(H,14,15)(H,16,17). The van der Waals surface area contributed by atoms with Crippen LogP contribution in [0.15, 0.2) is 0 Å². The van der Waals surface area contributed by atoms with Crippen LogP contribution in [0, 0.1) is 5.41 Å². The van der Waals surface area contributed by atoms with Crippen molar-refractivity contribution in [2.24, 2.45) is 5.41 Å². The monoisotopic (exact) mass is 240 g/mol. The molecule has 3 rings (SSSR count). The minimum Gasteiger partial charge on any atom is -0.481 e. The van der Waals surface area contributed by atoms with Crippen LogP contribution in [0.2, 0.25) is 0 Å². The third-order valence-electron chi connectivity index (χ3n) is 4.44. The van der Waals surface area contributed by atoms with Crippen LogP contribution in [0.4, 0.5) is 0 Å². The van der Waals surface area contributed by atoms with Crippen molar-refractivity contribution in [2.45, 2.75) is 44.1 Å². The molecule has 5 heteroatoms. The first-order valence-corrected chi connectivity index (χ1v) is 6.21. The summed E-state index contributed by atoms with van der Waals surface area (Å²) in [6, 6.07) is 0. The van der Waals surface area contributed by atoms with Gasteiger partial charge in [-0.15, -0.1) is 0 Å². The van der Waals surface area contributed by atoms with E-state index < -0.39 is 11.4 Å². The van der Waals surface area contributed by atoms with Gasteiger partial charge in [0.1, 0.15) is 0 Å². The number of carbonyl (C=O) groups excluding carboxylic acids is 1. The number of nitrogens with one attached hydrogen (secondary N) is 2. The topological polar surface area (TPSA) is 78.4 Å². The summed E-state index contributed by atoms with van der Waals surface area (Å²) in [5.74, 6) is -0.649. The van der Waals surface area contributed by atoms with E-state index in [1.165, 1.54) is 0 Å². The predicted octanol–water partition coefficient (Wildman–Crippen LogP) is 0.500. The minimum atomic E-state index is -0.660. The van der Waals surface area contributed by atoms with E-state index in [-0.39, 0.29) is 11.4 Å². The summed E-state index contributed by atoms with van der Waals surface area (Å²) < 4.78 is 0. The van der Waals surface area contributed by atoms with Gasteiger partial charge in [0.2, 0.25) is 5.91 Å². The van der Waals surface area contributed by atoms with Gasteiger partial charge in [-0.2, -0.15) is 0 Å². The number of likely N-dealkylation sites (N-methyl/N-ethyl adjacent to an activating group) is 1. The maximum absolute atomic E-state index is 11.6. The van der Waals surface area contributed by atoms with E-state index in [9.17, 15) is 14.7 Å². The summed E-state index contributed by atoms with van der Waals surface area (Å²) in [5.41, 5.74) is -0.638. The lowest BCUT2D eigenvalue weighted by Crippen LogP contribution is -2.59. The Labute approximate surface area is 101 Å². The molecule has 0 radical (unpaired) electrons. The Morgan fingerprint density at radius 3 is 2.06 bits per heavy atom. The molecule has 3 aliphatic carbocycles. The van der Waals surface area contributed by atoms with E-state index in [1.807, 2.05) is 0 Å². The molecule has 0 aromatic heterocycles. The van der Waals surface area contributed by atoms with Crippen LogP contribution in [0.5, 0.6) is 0 Å². The zero-order valence-electron chi connectivity index (χ0n) is 10.2. The maximum Gasteiger partial charge on any atom is 0.309 e. The van der Waals surface area contributed by atoms with Crippen LogP contribution in [0.25, 0.3) is 0 Å². The van der Waals surface area contributed by atoms with Crippen LogP contribution < -0.4 is 10.6 Å². The lowest BCUT2D eigenvalue weighted by molar-refractivity contribution is -0.157. The first-order valence-electron chi connectivity index (χ1n) is 6.21. The first-order chi connectivity index (χ1) is 8.02. The van der Waals surface area contributed by atoms with Gasteiger partial charge in [-0.1, -0.05) is 0 Å². The van der Waals surface area contributed by atoms with Crippen molar-refractivity contribution in [3.8, 4) is 0 Å². The molecule has 0 heterocycles. The molecule has 5 nitrogen and oxygen atoms in total. The van der Waals surface area contributed by atoms with Crippen molar-refractivity contribution in [2.75, 3.05) is 13.6 Å².